The fourth-order valence-corrected chi connectivity index (χ4v) is 4.74. The van der Waals surface area contributed by atoms with E-state index in [2.05, 4.69) is 77.9 Å². The highest BCUT2D eigenvalue weighted by Gasteiger charge is 2.30. The number of urea groups is 1. The highest BCUT2D eigenvalue weighted by Crippen LogP contribution is 2.29. The third kappa shape index (κ3) is 6.32. The Balaban J connectivity index is 1.33. The first-order valence-electron chi connectivity index (χ1n) is 12.7. The van der Waals surface area contributed by atoms with E-state index >= 15 is 0 Å². The van der Waals surface area contributed by atoms with Crippen LogP contribution in [-0.4, -0.2) is 54.0 Å². The van der Waals surface area contributed by atoms with E-state index in [-0.39, 0.29) is 18.0 Å². The van der Waals surface area contributed by atoms with Crippen LogP contribution in [0.3, 0.4) is 0 Å². The van der Waals surface area contributed by atoms with Crippen molar-refractivity contribution in [2.45, 2.75) is 38.8 Å². The molecule has 36 heavy (non-hydrogen) atoms. The van der Waals surface area contributed by atoms with Crippen molar-refractivity contribution in [1.29, 1.82) is 0 Å². The van der Waals surface area contributed by atoms with Crippen LogP contribution < -0.4 is 10.6 Å². The Morgan fingerprint density at radius 3 is 1.72 bits per heavy atom. The Hall–Kier alpha value is -3.64. The minimum Gasteiger partial charge on any atom is -0.338 e. The van der Waals surface area contributed by atoms with Crippen LogP contribution in [0.1, 0.15) is 49.4 Å². The summed E-state index contributed by atoms with van der Waals surface area (Å²) in [5.74, 6) is 0.373. The fraction of sp³-hybridized carbons (Fsp3) is 0.333. The fourth-order valence-electron chi connectivity index (χ4n) is 4.74. The van der Waals surface area contributed by atoms with Gasteiger partial charge in [0.15, 0.2) is 0 Å². The second kappa shape index (κ2) is 11.9. The predicted octanol–water partition coefficient (Wildman–Crippen LogP) is 5.25. The Bertz CT molecular complexity index is 1090. The maximum absolute atomic E-state index is 13.1. The number of amides is 3. The molecule has 2 N–H and O–H groups in total. The first-order valence-corrected chi connectivity index (χ1v) is 12.7. The SMILES string of the molecule is CC(NC(=O)Nc1ccc(C(C)C)cc1)C(=O)N1CCN(C(c2ccccc2)c2ccccc2)CC1. The Morgan fingerprint density at radius 1 is 0.694 bits per heavy atom. The molecule has 3 amide bonds. The molecule has 0 aliphatic carbocycles. The molecule has 1 aliphatic rings. The molecular weight excluding hydrogens is 448 g/mol. The quantitative estimate of drug-likeness (QED) is 0.481. The molecule has 1 aliphatic heterocycles. The molecule has 1 atom stereocenters. The molecule has 1 heterocycles. The molecule has 1 unspecified atom stereocenters. The number of carbonyl (C=O) groups excluding carboxylic acids is 2. The summed E-state index contributed by atoms with van der Waals surface area (Å²) in [5.41, 5.74) is 4.41. The Kier molecular flexibility index (Phi) is 8.39. The minimum atomic E-state index is -0.606. The highest BCUT2D eigenvalue weighted by atomic mass is 16.2. The zero-order valence-electron chi connectivity index (χ0n) is 21.4. The highest BCUT2D eigenvalue weighted by molar-refractivity contribution is 5.93. The van der Waals surface area contributed by atoms with Gasteiger partial charge in [0.25, 0.3) is 0 Å². The largest absolute Gasteiger partial charge is 0.338 e. The summed E-state index contributed by atoms with van der Waals surface area (Å²) in [5, 5.41) is 5.62. The van der Waals surface area contributed by atoms with Gasteiger partial charge in [0.2, 0.25) is 5.91 Å². The van der Waals surface area contributed by atoms with E-state index in [1.165, 1.54) is 16.7 Å². The van der Waals surface area contributed by atoms with Crippen LogP contribution in [-0.2, 0) is 4.79 Å². The predicted molar refractivity (Wildman–Crippen MR) is 145 cm³/mol. The average Bonchev–Trinajstić information content (AvgIpc) is 2.90. The first-order chi connectivity index (χ1) is 17.4. The number of carbonyl (C=O) groups is 2. The number of benzene rings is 3. The van der Waals surface area contributed by atoms with Gasteiger partial charge in [-0.25, -0.2) is 4.79 Å². The van der Waals surface area contributed by atoms with Gasteiger partial charge in [-0.05, 0) is 41.7 Å². The van der Waals surface area contributed by atoms with Crippen LogP contribution in [0.25, 0.3) is 0 Å². The van der Waals surface area contributed by atoms with Crippen molar-refractivity contribution in [3.05, 3.63) is 102 Å². The van der Waals surface area contributed by atoms with Gasteiger partial charge in [0.05, 0.1) is 6.04 Å². The van der Waals surface area contributed by atoms with Crippen molar-refractivity contribution in [3.63, 3.8) is 0 Å². The monoisotopic (exact) mass is 484 g/mol. The Labute approximate surface area is 214 Å². The van der Waals surface area contributed by atoms with Crippen LogP contribution in [0.5, 0.6) is 0 Å². The molecule has 188 valence electrons. The Morgan fingerprint density at radius 2 is 1.22 bits per heavy atom. The lowest BCUT2D eigenvalue weighted by Gasteiger charge is -2.40. The average molecular weight is 485 g/mol. The molecule has 1 fully saturated rings. The molecule has 1 saturated heterocycles. The zero-order valence-corrected chi connectivity index (χ0v) is 21.4. The van der Waals surface area contributed by atoms with Crippen molar-refractivity contribution in [2.24, 2.45) is 0 Å². The number of nitrogens with one attached hydrogen (secondary N) is 2. The van der Waals surface area contributed by atoms with Gasteiger partial charge in [-0.2, -0.15) is 0 Å². The molecule has 0 spiro atoms. The van der Waals surface area contributed by atoms with E-state index in [9.17, 15) is 9.59 Å². The van der Waals surface area contributed by atoms with E-state index in [1.54, 1.807) is 6.92 Å². The molecule has 3 aromatic rings. The van der Waals surface area contributed by atoms with Crippen molar-refractivity contribution < 1.29 is 9.59 Å². The molecular formula is C30H36N4O2. The number of nitrogens with zero attached hydrogens (tertiary/aromatic N) is 2. The van der Waals surface area contributed by atoms with Crippen LogP contribution >= 0.6 is 0 Å². The van der Waals surface area contributed by atoms with Crippen LogP contribution in [0.15, 0.2) is 84.9 Å². The standard InChI is InChI=1S/C30H36N4O2/c1-22(2)24-14-16-27(17-15-24)32-30(36)31-23(3)29(35)34-20-18-33(19-21-34)28(25-10-6-4-7-11-25)26-12-8-5-9-13-26/h4-17,22-23,28H,18-21H2,1-3H3,(H2,31,32,36). The number of piperazine rings is 1. The molecule has 6 nitrogen and oxygen atoms in total. The number of anilines is 1. The first kappa shape index (κ1) is 25.5. The third-order valence-electron chi connectivity index (χ3n) is 6.77. The lowest BCUT2D eigenvalue weighted by atomic mass is 9.96. The number of rotatable bonds is 7. The lowest BCUT2D eigenvalue weighted by Crippen LogP contribution is -2.55. The minimum absolute atomic E-state index is 0.0593. The second-order valence-corrected chi connectivity index (χ2v) is 9.68. The smallest absolute Gasteiger partial charge is 0.319 e. The van der Waals surface area contributed by atoms with Gasteiger partial charge in [-0.15, -0.1) is 0 Å². The maximum atomic E-state index is 13.1. The summed E-state index contributed by atoms with van der Waals surface area (Å²) in [6.45, 7) is 8.78. The maximum Gasteiger partial charge on any atom is 0.319 e. The lowest BCUT2D eigenvalue weighted by molar-refractivity contribution is -0.134. The van der Waals surface area contributed by atoms with Gasteiger partial charge in [0.1, 0.15) is 6.04 Å². The van der Waals surface area contributed by atoms with E-state index in [0.29, 0.717) is 24.7 Å². The molecule has 0 aromatic heterocycles. The molecule has 4 rings (SSSR count). The van der Waals surface area contributed by atoms with Crippen molar-refractivity contribution >= 4 is 17.6 Å². The topological polar surface area (TPSA) is 64.7 Å². The zero-order chi connectivity index (χ0) is 25.5. The van der Waals surface area contributed by atoms with Crippen LogP contribution in [0, 0.1) is 0 Å². The second-order valence-electron chi connectivity index (χ2n) is 9.68. The number of hydrogen-bond acceptors (Lipinski definition) is 3. The molecule has 0 bridgehead atoms. The summed E-state index contributed by atoms with van der Waals surface area (Å²) in [6, 6.07) is 28.0. The van der Waals surface area contributed by atoms with Crippen molar-refractivity contribution in [2.75, 3.05) is 31.5 Å². The molecule has 0 saturated carbocycles. The summed E-state index contributed by atoms with van der Waals surface area (Å²) < 4.78 is 0. The van der Waals surface area contributed by atoms with Crippen LogP contribution in [0.4, 0.5) is 10.5 Å². The van der Waals surface area contributed by atoms with Gasteiger partial charge in [-0.3, -0.25) is 9.69 Å². The molecule has 6 heteroatoms. The van der Waals surface area contributed by atoms with E-state index < -0.39 is 6.04 Å². The molecule has 0 radical (unpaired) electrons. The van der Waals surface area contributed by atoms with Gasteiger partial charge < -0.3 is 15.5 Å². The van der Waals surface area contributed by atoms with Gasteiger partial charge in [0, 0.05) is 31.9 Å². The van der Waals surface area contributed by atoms with Crippen molar-refractivity contribution in [1.82, 2.24) is 15.1 Å². The van der Waals surface area contributed by atoms with E-state index in [0.717, 1.165) is 13.1 Å². The normalized spacial score (nSPS) is 15.1. The summed E-state index contributed by atoms with van der Waals surface area (Å²) in [7, 11) is 0. The summed E-state index contributed by atoms with van der Waals surface area (Å²) in [4.78, 5) is 29.9. The van der Waals surface area contributed by atoms with Gasteiger partial charge >= 0.3 is 6.03 Å². The number of hydrogen-bond donors (Lipinski definition) is 2. The van der Waals surface area contributed by atoms with E-state index in [1.807, 2.05) is 41.3 Å². The van der Waals surface area contributed by atoms with Crippen molar-refractivity contribution in [3.8, 4) is 0 Å². The summed E-state index contributed by atoms with van der Waals surface area (Å²) >= 11 is 0. The third-order valence-corrected chi connectivity index (χ3v) is 6.77. The van der Waals surface area contributed by atoms with Gasteiger partial charge in [-0.1, -0.05) is 86.6 Å². The molecule has 3 aromatic carbocycles. The summed E-state index contributed by atoms with van der Waals surface area (Å²) in [6.07, 6.45) is 0. The van der Waals surface area contributed by atoms with Crippen LogP contribution in [0.2, 0.25) is 0 Å². The van der Waals surface area contributed by atoms with E-state index in [4.69, 9.17) is 0 Å².